The molecule has 86 valence electrons. The Morgan fingerprint density at radius 1 is 1.29 bits per heavy atom. The van der Waals surface area contributed by atoms with Crippen molar-refractivity contribution in [2.24, 2.45) is 0 Å². The van der Waals surface area contributed by atoms with Gasteiger partial charge < -0.3 is 0 Å². The summed E-state index contributed by atoms with van der Waals surface area (Å²) in [5.74, 6) is -1.04. The third-order valence-corrected chi connectivity index (χ3v) is 2.45. The van der Waals surface area contributed by atoms with Gasteiger partial charge in [0, 0.05) is 12.4 Å². The van der Waals surface area contributed by atoms with Crippen LogP contribution in [0.2, 0.25) is 0 Å². The number of carbonyl (C=O) groups is 1. The van der Waals surface area contributed by atoms with E-state index in [1.54, 1.807) is 13.1 Å². The van der Waals surface area contributed by atoms with E-state index in [1.807, 2.05) is 13.0 Å². The van der Waals surface area contributed by atoms with Gasteiger partial charge in [0.2, 0.25) is 5.78 Å². The molecule has 0 aliphatic carbocycles. The van der Waals surface area contributed by atoms with Crippen LogP contribution in [0.3, 0.4) is 0 Å². The number of aryl methyl sites for hydroxylation is 2. The number of carbonyl (C=O) groups excluding carboxylic acids is 1. The predicted octanol–water partition coefficient (Wildman–Crippen LogP) is 2.46. The van der Waals surface area contributed by atoms with Gasteiger partial charge in [0.25, 0.3) is 0 Å². The van der Waals surface area contributed by atoms with E-state index < -0.39 is 11.6 Å². The van der Waals surface area contributed by atoms with Gasteiger partial charge in [-0.3, -0.25) is 14.8 Å². The molecule has 0 atom stereocenters. The standard InChI is InChI=1S/C13H11FN2O/c1-8-5-9(2)12(16-6-8)13(17)10-3-4-15-7-11(10)14/h3-7H,1-2H3. The zero-order valence-corrected chi connectivity index (χ0v) is 9.57. The van der Waals surface area contributed by atoms with Crippen molar-refractivity contribution >= 4 is 5.78 Å². The summed E-state index contributed by atoms with van der Waals surface area (Å²) in [6.07, 6.45) is 4.01. The minimum absolute atomic E-state index is 0.000506. The Hall–Kier alpha value is -2.10. The van der Waals surface area contributed by atoms with Crippen LogP contribution in [0.1, 0.15) is 27.2 Å². The van der Waals surface area contributed by atoms with Gasteiger partial charge in [-0.25, -0.2) is 4.39 Å². The molecule has 0 aliphatic heterocycles. The lowest BCUT2D eigenvalue weighted by Crippen LogP contribution is -2.09. The first-order valence-corrected chi connectivity index (χ1v) is 5.17. The smallest absolute Gasteiger partial charge is 0.214 e. The summed E-state index contributed by atoms with van der Waals surface area (Å²) in [6, 6.07) is 3.21. The molecule has 4 heteroatoms. The Kier molecular flexibility index (Phi) is 2.95. The molecule has 0 saturated heterocycles. The molecule has 17 heavy (non-hydrogen) atoms. The average Bonchev–Trinajstić information content (AvgIpc) is 2.29. The van der Waals surface area contributed by atoms with Crippen molar-refractivity contribution in [2.45, 2.75) is 13.8 Å². The van der Waals surface area contributed by atoms with Crippen molar-refractivity contribution in [3.63, 3.8) is 0 Å². The highest BCUT2D eigenvalue weighted by molar-refractivity contribution is 6.08. The van der Waals surface area contributed by atoms with Crippen molar-refractivity contribution in [3.8, 4) is 0 Å². The average molecular weight is 230 g/mol. The van der Waals surface area contributed by atoms with Gasteiger partial charge in [-0.05, 0) is 31.0 Å². The molecular weight excluding hydrogens is 219 g/mol. The highest BCUT2D eigenvalue weighted by Crippen LogP contribution is 2.14. The zero-order valence-electron chi connectivity index (χ0n) is 9.57. The van der Waals surface area contributed by atoms with E-state index in [2.05, 4.69) is 9.97 Å². The summed E-state index contributed by atoms with van der Waals surface area (Å²) in [5.41, 5.74) is 1.99. The van der Waals surface area contributed by atoms with E-state index in [1.165, 1.54) is 12.3 Å². The SMILES string of the molecule is Cc1cnc(C(=O)c2ccncc2F)c(C)c1. The lowest BCUT2D eigenvalue weighted by atomic mass is 10.0. The molecule has 0 bridgehead atoms. The number of pyridine rings is 2. The van der Waals surface area contributed by atoms with Crippen LogP contribution in [0.4, 0.5) is 4.39 Å². The number of halogens is 1. The summed E-state index contributed by atoms with van der Waals surface area (Å²) >= 11 is 0. The Morgan fingerprint density at radius 3 is 2.71 bits per heavy atom. The van der Waals surface area contributed by atoms with Crippen molar-refractivity contribution in [1.82, 2.24) is 9.97 Å². The number of aromatic nitrogens is 2. The van der Waals surface area contributed by atoms with Crippen LogP contribution in [-0.2, 0) is 0 Å². The minimum atomic E-state index is -0.626. The van der Waals surface area contributed by atoms with Gasteiger partial charge in [0.15, 0.2) is 5.82 Å². The number of hydrogen-bond acceptors (Lipinski definition) is 3. The maximum atomic E-state index is 13.4. The van der Waals surface area contributed by atoms with Crippen LogP contribution in [0.15, 0.2) is 30.7 Å². The second kappa shape index (κ2) is 4.41. The third kappa shape index (κ3) is 2.20. The van der Waals surface area contributed by atoms with Crippen LogP contribution in [0.5, 0.6) is 0 Å². The van der Waals surface area contributed by atoms with Crippen LogP contribution in [-0.4, -0.2) is 15.8 Å². The van der Waals surface area contributed by atoms with Crippen LogP contribution in [0, 0.1) is 19.7 Å². The predicted molar refractivity (Wildman–Crippen MR) is 61.3 cm³/mol. The number of hydrogen-bond donors (Lipinski definition) is 0. The lowest BCUT2D eigenvalue weighted by Gasteiger charge is -2.05. The molecule has 0 amide bonds. The number of rotatable bonds is 2. The van der Waals surface area contributed by atoms with E-state index >= 15 is 0 Å². The van der Waals surface area contributed by atoms with Gasteiger partial charge in [-0.15, -0.1) is 0 Å². The highest BCUT2D eigenvalue weighted by atomic mass is 19.1. The summed E-state index contributed by atoms with van der Waals surface area (Å²) in [5, 5.41) is 0. The molecule has 0 aromatic carbocycles. The number of ketones is 1. The van der Waals surface area contributed by atoms with E-state index in [0.29, 0.717) is 0 Å². The van der Waals surface area contributed by atoms with Crippen LogP contribution < -0.4 is 0 Å². The molecule has 0 radical (unpaired) electrons. The van der Waals surface area contributed by atoms with E-state index in [0.717, 1.165) is 17.3 Å². The van der Waals surface area contributed by atoms with Crippen LogP contribution in [0.25, 0.3) is 0 Å². The summed E-state index contributed by atoms with van der Waals surface area (Å²) < 4.78 is 13.4. The fraction of sp³-hybridized carbons (Fsp3) is 0.154. The second-order valence-corrected chi connectivity index (χ2v) is 3.86. The molecule has 0 fully saturated rings. The fourth-order valence-electron chi connectivity index (χ4n) is 1.64. The van der Waals surface area contributed by atoms with Crippen molar-refractivity contribution in [3.05, 3.63) is 58.9 Å². The molecule has 2 aromatic rings. The van der Waals surface area contributed by atoms with E-state index in [-0.39, 0.29) is 11.3 Å². The summed E-state index contributed by atoms with van der Waals surface area (Å²) in [6.45, 7) is 3.67. The first-order valence-electron chi connectivity index (χ1n) is 5.17. The molecule has 0 saturated carbocycles. The van der Waals surface area contributed by atoms with Crippen molar-refractivity contribution < 1.29 is 9.18 Å². The van der Waals surface area contributed by atoms with Gasteiger partial charge >= 0.3 is 0 Å². The normalized spacial score (nSPS) is 10.3. The molecule has 2 rings (SSSR count). The molecular formula is C13H11FN2O. The molecule has 0 aliphatic rings. The fourth-order valence-corrected chi connectivity index (χ4v) is 1.64. The Labute approximate surface area is 98.3 Å². The highest BCUT2D eigenvalue weighted by Gasteiger charge is 2.16. The number of nitrogens with zero attached hydrogens (tertiary/aromatic N) is 2. The van der Waals surface area contributed by atoms with Gasteiger partial charge in [0.1, 0.15) is 5.69 Å². The maximum Gasteiger partial charge on any atom is 0.214 e. The van der Waals surface area contributed by atoms with E-state index in [4.69, 9.17) is 0 Å². The maximum absolute atomic E-state index is 13.4. The van der Waals surface area contributed by atoms with Crippen molar-refractivity contribution in [1.29, 1.82) is 0 Å². The Morgan fingerprint density at radius 2 is 2.06 bits per heavy atom. The van der Waals surface area contributed by atoms with Gasteiger partial charge in [-0.1, -0.05) is 6.07 Å². The minimum Gasteiger partial charge on any atom is -0.287 e. The van der Waals surface area contributed by atoms with E-state index in [9.17, 15) is 9.18 Å². The molecule has 0 unspecified atom stereocenters. The first-order chi connectivity index (χ1) is 8.09. The van der Waals surface area contributed by atoms with Crippen LogP contribution >= 0.6 is 0 Å². The second-order valence-electron chi connectivity index (χ2n) is 3.86. The monoisotopic (exact) mass is 230 g/mol. The molecule has 0 N–H and O–H groups in total. The van der Waals surface area contributed by atoms with Gasteiger partial charge in [0.05, 0.1) is 11.8 Å². The zero-order chi connectivity index (χ0) is 12.4. The molecule has 2 heterocycles. The molecule has 0 spiro atoms. The summed E-state index contributed by atoms with van der Waals surface area (Å²) in [7, 11) is 0. The third-order valence-electron chi connectivity index (χ3n) is 2.45. The topological polar surface area (TPSA) is 42.9 Å². The molecule has 2 aromatic heterocycles. The van der Waals surface area contributed by atoms with Gasteiger partial charge in [-0.2, -0.15) is 0 Å². The summed E-state index contributed by atoms with van der Waals surface area (Å²) in [4.78, 5) is 19.7. The van der Waals surface area contributed by atoms with Crippen molar-refractivity contribution in [2.75, 3.05) is 0 Å². The lowest BCUT2D eigenvalue weighted by molar-refractivity contribution is 0.103. The largest absolute Gasteiger partial charge is 0.287 e. The molecule has 3 nitrogen and oxygen atoms in total. The Balaban J connectivity index is 2.48. The Bertz CT molecular complexity index is 581. The quantitative estimate of drug-likeness (QED) is 0.744. The first kappa shape index (κ1) is 11.4.